The zero-order valence-corrected chi connectivity index (χ0v) is 9.45. The van der Waals surface area contributed by atoms with E-state index in [2.05, 4.69) is 11.2 Å². The van der Waals surface area contributed by atoms with Gasteiger partial charge in [-0.05, 0) is 24.3 Å². The molecule has 0 N–H and O–H groups in total. The lowest BCUT2D eigenvalue weighted by Gasteiger charge is -2.03. The fraction of sp³-hybridized carbons (Fsp3) is 0. The molecule has 1 radical (unpaired) electrons. The third-order valence-electron chi connectivity index (χ3n) is 2.52. The Balaban J connectivity index is 2.31. The van der Waals surface area contributed by atoms with Gasteiger partial charge in [0.05, 0.1) is 5.69 Å². The van der Waals surface area contributed by atoms with Crippen molar-refractivity contribution in [2.45, 2.75) is 0 Å². The average molecular weight is 246 g/mol. The summed E-state index contributed by atoms with van der Waals surface area (Å²) in [5.74, 6) is -0.294. The van der Waals surface area contributed by atoms with Crippen LogP contribution in [0.15, 0.2) is 42.5 Å². The van der Waals surface area contributed by atoms with Gasteiger partial charge in [-0.15, -0.1) is 0 Å². The molecule has 0 amide bonds. The Kier molecular flexibility index (Phi) is 2.34. The molecule has 2 nitrogen and oxygen atoms in total. The summed E-state index contributed by atoms with van der Waals surface area (Å²) in [6.07, 6.45) is 2.86. The first-order valence-electron chi connectivity index (χ1n) is 5.06. The van der Waals surface area contributed by atoms with Gasteiger partial charge in [0, 0.05) is 5.56 Å². The molecule has 0 atom stereocenters. The second kappa shape index (κ2) is 3.86. The van der Waals surface area contributed by atoms with Crippen LogP contribution in [0.4, 0.5) is 4.39 Å². The number of hydrogen-bond acceptors (Lipinski definition) is 1. The van der Waals surface area contributed by atoms with E-state index in [-0.39, 0.29) is 5.82 Å². The molecule has 0 aliphatic carbocycles. The number of pyridine rings is 1. The first-order valence-corrected chi connectivity index (χ1v) is 5.44. The van der Waals surface area contributed by atoms with Gasteiger partial charge in [0.25, 0.3) is 0 Å². The topological polar surface area (TPSA) is 17.3 Å². The first-order chi connectivity index (χ1) is 8.25. The molecule has 0 saturated heterocycles. The van der Waals surface area contributed by atoms with Crippen molar-refractivity contribution in [2.75, 3.05) is 0 Å². The van der Waals surface area contributed by atoms with Crippen LogP contribution in [0.1, 0.15) is 0 Å². The van der Waals surface area contributed by atoms with Crippen molar-refractivity contribution < 1.29 is 4.39 Å². The number of hydrogen-bond donors (Lipinski definition) is 0. The maximum Gasteiger partial charge on any atom is 0.139 e. The zero-order valence-electron chi connectivity index (χ0n) is 8.69. The number of fused-ring (bicyclic) bond motifs is 1. The molecular formula is C13H7ClFN2. The van der Waals surface area contributed by atoms with Crippen molar-refractivity contribution in [3.05, 3.63) is 59.6 Å². The molecule has 17 heavy (non-hydrogen) atoms. The second-order valence-corrected chi connectivity index (χ2v) is 4.01. The van der Waals surface area contributed by atoms with Crippen LogP contribution in [0.2, 0.25) is 5.15 Å². The zero-order chi connectivity index (χ0) is 11.8. The van der Waals surface area contributed by atoms with Crippen molar-refractivity contribution in [1.82, 2.24) is 9.38 Å². The Bertz CT molecular complexity index is 691. The van der Waals surface area contributed by atoms with Gasteiger partial charge >= 0.3 is 0 Å². The van der Waals surface area contributed by atoms with Gasteiger partial charge in [-0.1, -0.05) is 29.8 Å². The molecule has 83 valence electrons. The van der Waals surface area contributed by atoms with Gasteiger partial charge in [0.15, 0.2) is 0 Å². The molecule has 0 aliphatic rings. The lowest BCUT2D eigenvalue weighted by Crippen LogP contribution is -1.90. The number of rotatable bonds is 1. The van der Waals surface area contributed by atoms with Gasteiger partial charge in [0.2, 0.25) is 0 Å². The molecule has 2 heterocycles. The summed E-state index contributed by atoms with van der Waals surface area (Å²) in [5.41, 5.74) is 2.05. The molecule has 0 saturated carbocycles. The van der Waals surface area contributed by atoms with Crippen molar-refractivity contribution in [3.63, 3.8) is 0 Å². The maximum atomic E-state index is 13.2. The van der Waals surface area contributed by atoms with Crippen molar-refractivity contribution in [2.24, 2.45) is 0 Å². The Morgan fingerprint density at radius 1 is 1.18 bits per heavy atom. The second-order valence-electron chi connectivity index (χ2n) is 3.62. The highest BCUT2D eigenvalue weighted by atomic mass is 35.5. The summed E-state index contributed by atoms with van der Waals surface area (Å²) in [6, 6.07) is 11.7. The minimum absolute atomic E-state index is 0.294. The van der Waals surface area contributed by atoms with Crippen LogP contribution < -0.4 is 0 Å². The van der Waals surface area contributed by atoms with E-state index in [1.807, 2.05) is 12.1 Å². The highest BCUT2D eigenvalue weighted by Gasteiger charge is 2.09. The van der Waals surface area contributed by atoms with Gasteiger partial charge in [-0.25, -0.2) is 9.37 Å². The van der Waals surface area contributed by atoms with Crippen LogP contribution in [0.5, 0.6) is 0 Å². The predicted molar refractivity (Wildman–Crippen MR) is 64.4 cm³/mol. The fourth-order valence-corrected chi connectivity index (χ4v) is 2.01. The van der Waals surface area contributed by atoms with Crippen molar-refractivity contribution in [1.29, 1.82) is 0 Å². The van der Waals surface area contributed by atoms with Crippen LogP contribution in [-0.4, -0.2) is 9.38 Å². The Morgan fingerprint density at radius 3 is 2.82 bits per heavy atom. The highest BCUT2D eigenvalue weighted by Crippen LogP contribution is 2.24. The monoisotopic (exact) mass is 245 g/mol. The van der Waals surface area contributed by atoms with Crippen LogP contribution in [0, 0.1) is 12.0 Å². The number of aromatic nitrogens is 2. The van der Waals surface area contributed by atoms with Gasteiger partial charge < -0.3 is 0 Å². The molecular weight excluding hydrogens is 239 g/mol. The quantitative estimate of drug-likeness (QED) is 0.599. The Morgan fingerprint density at radius 2 is 2.00 bits per heavy atom. The van der Waals surface area contributed by atoms with Gasteiger partial charge in [-0.2, -0.15) is 0 Å². The van der Waals surface area contributed by atoms with Crippen LogP contribution in [0.25, 0.3) is 16.9 Å². The van der Waals surface area contributed by atoms with Crippen molar-refractivity contribution >= 4 is 17.2 Å². The number of halogens is 2. The number of imidazole rings is 1. The van der Waals surface area contributed by atoms with E-state index in [0.717, 1.165) is 0 Å². The summed E-state index contributed by atoms with van der Waals surface area (Å²) in [6.45, 7) is 0. The third-order valence-corrected chi connectivity index (χ3v) is 2.81. The van der Waals surface area contributed by atoms with E-state index in [0.29, 0.717) is 22.1 Å². The summed E-state index contributed by atoms with van der Waals surface area (Å²) < 4.78 is 14.9. The lowest BCUT2D eigenvalue weighted by molar-refractivity contribution is 0.628. The fourth-order valence-electron chi connectivity index (χ4n) is 1.77. The van der Waals surface area contributed by atoms with E-state index in [1.165, 1.54) is 12.1 Å². The molecule has 0 fully saturated rings. The predicted octanol–water partition coefficient (Wildman–Crippen LogP) is 3.59. The molecule has 0 bridgehead atoms. The highest BCUT2D eigenvalue weighted by molar-refractivity contribution is 6.29. The average Bonchev–Trinajstić information content (AvgIpc) is 2.74. The Hall–Kier alpha value is -1.87. The van der Waals surface area contributed by atoms with E-state index in [4.69, 9.17) is 11.6 Å². The molecule has 1 aromatic carbocycles. The van der Waals surface area contributed by atoms with E-state index >= 15 is 0 Å². The molecule has 0 spiro atoms. The number of nitrogens with zero attached hydrogens (tertiary/aromatic N) is 2. The molecule has 0 aliphatic heterocycles. The summed E-state index contributed by atoms with van der Waals surface area (Å²) in [7, 11) is 0. The molecule has 4 heteroatoms. The first kappa shape index (κ1) is 10.3. The van der Waals surface area contributed by atoms with Crippen LogP contribution in [0.3, 0.4) is 0 Å². The summed E-state index contributed by atoms with van der Waals surface area (Å²) in [4.78, 5) is 4.12. The minimum Gasteiger partial charge on any atom is -0.282 e. The van der Waals surface area contributed by atoms with E-state index in [1.54, 1.807) is 22.6 Å². The van der Waals surface area contributed by atoms with Gasteiger partial charge in [-0.3, -0.25) is 4.40 Å². The van der Waals surface area contributed by atoms with E-state index < -0.39 is 0 Å². The summed E-state index contributed by atoms with van der Waals surface area (Å²) in [5, 5.41) is 0.524. The smallest absolute Gasteiger partial charge is 0.139 e. The van der Waals surface area contributed by atoms with Gasteiger partial charge in [0.1, 0.15) is 22.8 Å². The normalized spacial score (nSPS) is 10.9. The molecule has 3 aromatic rings. The van der Waals surface area contributed by atoms with E-state index in [9.17, 15) is 4.39 Å². The largest absolute Gasteiger partial charge is 0.282 e. The SMILES string of the molecule is Fc1cccc(-c2[c]nc3cccc(Cl)n23)c1. The maximum absolute atomic E-state index is 13.2. The minimum atomic E-state index is -0.294. The van der Waals surface area contributed by atoms with Crippen LogP contribution >= 0.6 is 11.6 Å². The third kappa shape index (κ3) is 1.68. The summed E-state index contributed by atoms with van der Waals surface area (Å²) >= 11 is 6.10. The molecule has 0 unspecified atom stereocenters. The lowest BCUT2D eigenvalue weighted by atomic mass is 10.1. The molecule has 3 rings (SSSR count). The standard InChI is InChI=1S/C13H7ClFN2/c14-12-5-2-6-13-16-8-11(17(12)13)9-3-1-4-10(15)7-9/h1-7H. The number of benzene rings is 1. The molecule has 2 aromatic heterocycles. The Labute approximate surface area is 102 Å². The van der Waals surface area contributed by atoms with Crippen LogP contribution in [-0.2, 0) is 0 Å². The van der Waals surface area contributed by atoms with Crippen molar-refractivity contribution in [3.8, 4) is 11.3 Å².